The Labute approximate surface area is 116 Å². The van der Waals surface area contributed by atoms with Crippen molar-refractivity contribution < 1.29 is 9.90 Å². The normalized spacial score (nSPS) is 10.9. The molecule has 2 N–H and O–H groups in total. The first-order chi connectivity index (χ1) is 9.67. The molecule has 1 amide bonds. The van der Waals surface area contributed by atoms with Crippen LogP contribution >= 0.6 is 0 Å². The van der Waals surface area contributed by atoms with Crippen molar-refractivity contribution in [3.63, 3.8) is 0 Å². The van der Waals surface area contributed by atoms with Gasteiger partial charge in [-0.1, -0.05) is 19.1 Å². The molecule has 6 nitrogen and oxygen atoms in total. The van der Waals surface area contributed by atoms with Gasteiger partial charge in [-0.15, -0.1) is 0 Å². The lowest BCUT2D eigenvalue weighted by Gasteiger charge is -2.21. The molecule has 0 spiro atoms. The van der Waals surface area contributed by atoms with E-state index in [-0.39, 0.29) is 24.7 Å². The van der Waals surface area contributed by atoms with Crippen LogP contribution in [0.3, 0.4) is 0 Å². The zero-order valence-corrected chi connectivity index (χ0v) is 11.5. The van der Waals surface area contributed by atoms with Gasteiger partial charge in [0.25, 0.3) is 0 Å². The Morgan fingerprint density at radius 1 is 1.35 bits per heavy atom. The number of aliphatic hydroxyl groups excluding tert-OH is 1. The lowest BCUT2D eigenvalue weighted by atomic mass is 10.3. The summed E-state index contributed by atoms with van der Waals surface area (Å²) < 4.78 is 1.43. The number of imidazole rings is 1. The van der Waals surface area contributed by atoms with E-state index in [9.17, 15) is 9.59 Å². The van der Waals surface area contributed by atoms with Crippen molar-refractivity contribution in [1.82, 2.24) is 14.5 Å². The Balaban J connectivity index is 2.24. The highest BCUT2D eigenvalue weighted by Gasteiger charge is 2.15. The molecule has 0 fully saturated rings. The van der Waals surface area contributed by atoms with E-state index in [0.29, 0.717) is 18.6 Å². The van der Waals surface area contributed by atoms with Crippen LogP contribution in [0.5, 0.6) is 0 Å². The van der Waals surface area contributed by atoms with Gasteiger partial charge in [0.15, 0.2) is 0 Å². The molecule has 0 aliphatic carbocycles. The number of hydrogen-bond acceptors (Lipinski definition) is 3. The standard InChI is InChI=1S/C14H19N3O3/c1-2-7-16(8-9-18)13(19)10-17-12-6-4-3-5-11(12)15-14(17)20/h3-6,18H,2,7-10H2,1H3,(H,15,20). The van der Waals surface area contributed by atoms with Crippen LogP contribution in [0.4, 0.5) is 0 Å². The van der Waals surface area contributed by atoms with Gasteiger partial charge in [0.1, 0.15) is 6.54 Å². The molecule has 1 aromatic carbocycles. The summed E-state index contributed by atoms with van der Waals surface area (Å²) in [6, 6.07) is 7.26. The number of carbonyl (C=O) groups excluding carboxylic acids is 1. The third-order valence-electron chi connectivity index (χ3n) is 3.19. The lowest BCUT2D eigenvalue weighted by Crippen LogP contribution is -2.38. The van der Waals surface area contributed by atoms with Gasteiger partial charge in [-0.25, -0.2) is 4.79 Å². The fraction of sp³-hybridized carbons (Fsp3) is 0.429. The van der Waals surface area contributed by atoms with Crippen LogP contribution in [-0.2, 0) is 11.3 Å². The number of fused-ring (bicyclic) bond motifs is 1. The monoisotopic (exact) mass is 277 g/mol. The molecular weight excluding hydrogens is 258 g/mol. The summed E-state index contributed by atoms with van der Waals surface area (Å²) >= 11 is 0. The number of carbonyl (C=O) groups is 1. The Bertz CT molecular complexity index is 638. The first-order valence-electron chi connectivity index (χ1n) is 6.73. The van der Waals surface area contributed by atoms with E-state index in [1.165, 1.54) is 4.57 Å². The molecule has 0 atom stereocenters. The highest BCUT2D eigenvalue weighted by molar-refractivity contribution is 5.80. The predicted octanol–water partition coefficient (Wildman–Crippen LogP) is 0.561. The highest BCUT2D eigenvalue weighted by Crippen LogP contribution is 2.09. The number of nitrogens with zero attached hydrogens (tertiary/aromatic N) is 2. The topological polar surface area (TPSA) is 78.3 Å². The number of amides is 1. The maximum atomic E-state index is 12.2. The molecule has 0 bridgehead atoms. The number of hydrogen-bond donors (Lipinski definition) is 2. The largest absolute Gasteiger partial charge is 0.395 e. The lowest BCUT2D eigenvalue weighted by molar-refractivity contribution is -0.132. The molecule has 2 aromatic rings. The SMILES string of the molecule is CCCN(CCO)C(=O)Cn1c(=O)[nH]c2ccccc21. The van der Waals surface area contributed by atoms with E-state index in [1.54, 1.807) is 17.0 Å². The van der Waals surface area contributed by atoms with Gasteiger partial charge in [-0.2, -0.15) is 0 Å². The summed E-state index contributed by atoms with van der Waals surface area (Å²) in [5, 5.41) is 9.00. The number of aromatic nitrogens is 2. The Morgan fingerprint density at radius 2 is 2.10 bits per heavy atom. The Morgan fingerprint density at radius 3 is 2.80 bits per heavy atom. The molecule has 0 saturated heterocycles. The minimum absolute atomic E-state index is 0.0111. The van der Waals surface area contributed by atoms with Crippen LogP contribution in [0.1, 0.15) is 13.3 Å². The number of nitrogens with one attached hydrogen (secondary N) is 1. The molecule has 1 heterocycles. The van der Waals surface area contributed by atoms with Crippen LogP contribution in [0.15, 0.2) is 29.1 Å². The number of para-hydroxylation sites is 2. The van der Waals surface area contributed by atoms with Gasteiger partial charge >= 0.3 is 5.69 Å². The average molecular weight is 277 g/mol. The summed E-state index contributed by atoms with van der Waals surface area (Å²) in [4.78, 5) is 28.4. The number of benzene rings is 1. The summed E-state index contributed by atoms with van der Waals surface area (Å²) in [5.74, 6) is -0.159. The van der Waals surface area contributed by atoms with Crippen molar-refractivity contribution in [3.8, 4) is 0 Å². The second kappa shape index (κ2) is 6.38. The van der Waals surface area contributed by atoms with Crippen LogP contribution in [0.25, 0.3) is 11.0 Å². The zero-order chi connectivity index (χ0) is 14.5. The van der Waals surface area contributed by atoms with E-state index in [2.05, 4.69) is 4.98 Å². The van der Waals surface area contributed by atoms with Crippen molar-refractivity contribution in [1.29, 1.82) is 0 Å². The van der Waals surface area contributed by atoms with E-state index in [1.807, 2.05) is 19.1 Å². The number of rotatable bonds is 6. The van der Waals surface area contributed by atoms with E-state index in [4.69, 9.17) is 5.11 Å². The van der Waals surface area contributed by atoms with E-state index >= 15 is 0 Å². The third kappa shape index (κ3) is 2.91. The van der Waals surface area contributed by atoms with Gasteiger partial charge in [-0.3, -0.25) is 9.36 Å². The summed E-state index contributed by atoms with van der Waals surface area (Å²) in [6.07, 6.45) is 0.814. The van der Waals surface area contributed by atoms with Gasteiger partial charge in [0.2, 0.25) is 5.91 Å². The van der Waals surface area contributed by atoms with Gasteiger partial charge in [0.05, 0.1) is 17.6 Å². The maximum absolute atomic E-state index is 12.2. The molecule has 0 unspecified atom stereocenters. The second-order valence-electron chi connectivity index (χ2n) is 4.64. The third-order valence-corrected chi connectivity index (χ3v) is 3.19. The number of aliphatic hydroxyl groups is 1. The van der Waals surface area contributed by atoms with Crippen LogP contribution in [0, 0.1) is 0 Å². The Kier molecular flexibility index (Phi) is 4.57. The molecule has 0 saturated carbocycles. The second-order valence-corrected chi connectivity index (χ2v) is 4.64. The maximum Gasteiger partial charge on any atom is 0.326 e. The highest BCUT2D eigenvalue weighted by atomic mass is 16.3. The molecule has 0 aliphatic heterocycles. The molecule has 108 valence electrons. The van der Waals surface area contributed by atoms with Crippen molar-refractivity contribution in [2.75, 3.05) is 19.7 Å². The fourth-order valence-corrected chi connectivity index (χ4v) is 2.25. The molecular formula is C14H19N3O3. The average Bonchev–Trinajstić information content (AvgIpc) is 2.75. The number of aromatic amines is 1. The Hall–Kier alpha value is -2.08. The zero-order valence-electron chi connectivity index (χ0n) is 11.5. The van der Waals surface area contributed by atoms with Gasteiger partial charge in [0, 0.05) is 13.1 Å². The summed E-state index contributed by atoms with van der Waals surface area (Å²) in [6.45, 7) is 2.76. The van der Waals surface area contributed by atoms with Crippen LogP contribution < -0.4 is 5.69 Å². The summed E-state index contributed by atoms with van der Waals surface area (Å²) in [7, 11) is 0. The summed E-state index contributed by atoms with van der Waals surface area (Å²) in [5.41, 5.74) is 1.14. The minimum atomic E-state index is -0.292. The molecule has 6 heteroatoms. The van der Waals surface area contributed by atoms with E-state index < -0.39 is 0 Å². The van der Waals surface area contributed by atoms with Gasteiger partial charge in [-0.05, 0) is 18.6 Å². The first-order valence-corrected chi connectivity index (χ1v) is 6.73. The quantitative estimate of drug-likeness (QED) is 0.810. The van der Waals surface area contributed by atoms with Gasteiger partial charge < -0.3 is 15.0 Å². The predicted molar refractivity (Wildman–Crippen MR) is 76.5 cm³/mol. The van der Waals surface area contributed by atoms with Crippen molar-refractivity contribution in [3.05, 3.63) is 34.7 Å². The minimum Gasteiger partial charge on any atom is -0.395 e. The van der Waals surface area contributed by atoms with Crippen LogP contribution in [0.2, 0.25) is 0 Å². The number of H-pyrrole nitrogens is 1. The molecule has 20 heavy (non-hydrogen) atoms. The molecule has 1 aromatic heterocycles. The molecule has 0 radical (unpaired) electrons. The fourth-order valence-electron chi connectivity index (χ4n) is 2.25. The van der Waals surface area contributed by atoms with Crippen molar-refractivity contribution >= 4 is 16.9 Å². The van der Waals surface area contributed by atoms with Crippen molar-refractivity contribution in [2.24, 2.45) is 0 Å². The first kappa shape index (κ1) is 14.3. The molecule has 0 aliphatic rings. The van der Waals surface area contributed by atoms with Crippen LogP contribution in [-0.4, -0.2) is 45.2 Å². The van der Waals surface area contributed by atoms with Crippen molar-refractivity contribution in [2.45, 2.75) is 19.9 Å². The smallest absolute Gasteiger partial charge is 0.326 e. The van der Waals surface area contributed by atoms with E-state index in [0.717, 1.165) is 11.9 Å². The molecule has 2 rings (SSSR count).